The molecule has 2 heterocycles. The lowest BCUT2D eigenvalue weighted by Gasteiger charge is -2.37. The predicted octanol–water partition coefficient (Wildman–Crippen LogP) is 7.58. The van der Waals surface area contributed by atoms with Crippen LogP contribution in [0, 0.1) is 6.92 Å². The summed E-state index contributed by atoms with van der Waals surface area (Å²) in [5.74, 6) is 0. The monoisotopic (exact) mass is 521 g/mol. The number of benzene rings is 2. The maximum atomic E-state index is 13.3. The quantitative estimate of drug-likeness (QED) is 0.381. The molecule has 3 nitrogen and oxygen atoms in total. The fraction of sp³-hybridized carbons (Fsp3) is 0.409. The van der Waals surface area contributed by atoms with Gasteiger partial charge in [0.25, 0.3) is 0 Å². The Labute approximate surface area is 188 Å². The Hall–Kier alpha value is -2.23. The molecule has 1 amide bonds. The Morgan fingerprint density at radius 3 is 2.31 bits per heavy atom. The highest BCUT2D eigenvalue weighted by Crippen LogP contribution is 2.48. The van der Waals surface area contributed by atoms with Gasteiger partial charge in [-0.1, -0.05) is 27.6 Å². The van der Waals surface area contributed by atoms with E-state index in [1.165, 1.54) is 17.9 Å². The van der Waals surface area contributed by atoms with Gasteiger partial charge in [0, 0.05) is 4.47 Å². The topological polar surface area (TPSA) is 29.5 Å². The summed E-state index contributed by atoms with van der Waals surface area (Å²) in [6.07, 6.45) is -9.31. The molecule has 0 radical (unpaired) electrons. The summed E-state index contributed by atoms with van der Waals surface area (Å²) >= 11 is 3.28. The number of amides is 1. The zero-order chi connectivity index (χ0) is 23.4. The molecule has 0 bridgehead atoms. The second kappa shape index (κ2) is 7.97. The number of fused-ring (bicyclic) bond motifs is 1. The largest absolute Gasteiger partial charge is 0.439 e. The van der Waals surface area contributed by atoms with Crippen molar-refractivity contribution in [2.24, 2.45) is 0 Å². The Morgan fingerprint density at radius 2 is 1.66 bits per heavy atom. The highest BCUT2D eigenvalue weighted by molar-refractivity contribution is 9.10. The maximum absolute atomic E-state index is 13.3. The number of carbonyl (C=O) groups excluding carboxylic acids is 1. The molecule has 4 rings (SSSR count). The summed E-state index contributed by atoms with van der Waals surface area (Å²) in [4.78, 5) is 14.2. The van der Waals surface area contributed by atoms with Crippen LogP contribution >= 0.6 is 15.9 Å². The van der Waals surface area contributed by atoms with E-state index in [1.54, 1.807) is 6.07 Å². The van der Waals surface area contributed by atoms with Crippen LogP contribution in [0.2, 0.25) is 0 Å². The SMILES string of the molecule is Cc1cc([C@H]2OC(=O)N3[C@H](c4cc(C(F)(F)F)ccc4Br)CCC[C@@H]23)cc(C(F)(F)F)c1. The molecular formula is C22H18BrF6NO2. The number of cyclic esters (lactones) is 1. The van der Waals surface area contributed by atoms with Gasteiger partial charge >= 0.3 is 18.4 Å². The second-order valence-corrected chi connectivity index (χ2v) is 8.94. The summed E-state index contributed by atoms with van der Waals surface area (Å²) < 4.78 is 85.5. The molecule has 2 aliphatic heterocycles. The third-order valence-corrected chi connectivity index (χ3v) is 6.62. The minimum absolute atomic E-state index is 0.224. The highest BCUT2D eigenvalue weighted by Gasteiger charge is 2.49. The van der Waals surface area contributed by atoms with Gasteiger partial charge in [-0.3, -0.25) is 4.90 Å². The maximum Gasteiger partial charge on any atom is 0.416 e. The average Bonchev–Trinajstić information content (AvgIpc) is 3.03. The number of carbonyl (C=O) groups is 1. The number of nitrogens with zero attached hydrogens (tertiary/aromatic N) is 1. The van der Waals surface area contributed by atoms with Gasteiger partial charge in [-0.15, -0.1) is 0 Å². The molecule has 0 aliphatic carbocycles. The first-order chi connectivity index (χ1) is 14.9. The minimum atomic E-state index is -4.55. The summed E-state index contributed by atoms with van der Waals surface area (Å²) in [6, 6.07) is 5.51. The Kier molecular flexibility index (Phi) is 5.71. The third kappa shape index (κ3) is 4.21. The van der Waals surface area contributed by atoms with E-state index in [4.69, 9.17) is 4.74 Å². The minimum Gasteiger partial charge on any atom is -0.439 e. The van der Waals surface area contributed by atoms with Crippen molar-refractivity contribution in [2.75, 3.05) is 0 Å². The number of alkyl halides is 6. The molecule has 32 heavy (non-hydrogen) atoms. The zero-order valence-corrected chi connectivity index (χ0v) is 18.3. The van der Waals surface area contributed by atoms with Crippen LogP contribution < -0.4 is 0 Å². The van der Waals surface area contributed by atoms with Gasteiger partial charge in [-0.2, -0.15) is 26.3 Å². The van der Waals surface area contributed by atoms with Crippen molar-refractivity contribution >= 4 is 22.0 Å². The number of piperidine rings is 1. The van der Waals surface area contributed by atoms with E-state index in [-0.39, 0.29) is 5.56 Å². The van der Waals surface area contributed by atoms with Crippen molar-refractivity contribution in [3.8, 4) is 0 Å². The molecule has 172 valence electrons. The van der Waals surface area contributed by atoms with Crippen LogP contribution in [-0.2, 0) is 17.1 Å². The summed E-state index contributed by atoms with van der Waals surface area (Å²) in [5, 5.41) is 0. The van der Waals surface area contributed by atoms with Crippen molar-refractivity contribution in [1.29, 1.82) is 0 Å². The van der Waals surface area contributed by atoms with E-state index in [0.717, 1.165) is 24.3 Å². The van der Waals surface area contributed by atoms with E-state index >= 15 is 0 Å². The van der Waals surface area contributed by atoms with Crippen molar-refractivity contribution in [3.63, 3.8) is 0 Å². The molecule has 2 aromatic rings. The molecule has 10 heteroatoms. The number of hydrogen-bond acceptors (Lipinski definition) is 2. The van der Waals surface area contributed by atoms with Gasteiger partial charge in [0.1, 0.15) is 6.10 Å². The van der Waals surface area contributed by atoms with Gasteiger partial charge in [-0.05, 0) is 67.6 Å². The number of hydrogen-bond donors (Lipinski definition) is 0. The molecule has 0 spiro atoms. The van der Waals surface area contributed by atoms with Gasteiger partial charge in [0.05, 0.1) is 23.2 Å². The smallest absolute Gasteiger partial charge is 0.416 e. The molecule has 0 N–H and O–H groups in total. The molecule has 3 atom stereocenters. The van der Waals surface area contributed by atoms with Gasteiger partial charge in [0.15, 0.2) is 0 Å². The second-order valence-electron chi connectivity index (χ2n) is 8.09. The normalized spacial score (nSPS) is 23.8. The number of aryl methyl sites for hydroxylation is 1. The lowest BCUT2D eigenvalue weighted by Crippen LogP contribution is -2.41. The predicted molar refractivity (Wildman–Crippen MR) is 107 cm³/mol. The third-order valence-electron chi connectivity index (χ3n) is 5.90. The Balaban J connectivity index is 1.72. The summed E-state index contributed by atoms with van der Waals surface area (Å²) in [5.41, 5.74) is -0.785. The van der Waals surface area contributed by atoms with Gasteiger partial charge in [0.2, 0.25) is 0 Å². The molecular weight excluding hydrogens is 504 g/mol. The van der Waals surface area contributed by atoms with Crippen LogP contribution in [0.5, 0.6) is 0 Å². The fourth-order valence-electron chi connectivity index (χ4n) is 4.55. The van der Waals surface area contributed by atoms with Crippen molar-refractivity contribution in [1.82, 2.24) is 4.90 Å². The van der Waals surface area contributed by atoms with Crippen LogP contribution in [0.25, 0.3) is 0 Å². The summed E-state index contributed by atoms with van der Waals surface area (Å²) in [7, 11) is 0. The Bertz CT molecular complexity index is 1050. The molecule has 2 aromatic carbocycles. The highest BCUT2D eigenvalue weighted by atomic mass is 79.9. The van der Waals surface area contributed by atoms with Crippen molar-refractivity contribution < 1.29 is 35.9 Å². The lowest BCUT2D eigenvalue weighted by molar-refractivity contribution is -0.138. The lowest BCUT2D eigenvalue weighted by atomic mass is 9.87. The van der Waals surface area contributed by atoms with Gasteiger partial charge in [-0.25, -0.2) is 4.79 Å². The number of rotatable bonds is 2. The van der Waals surface area contributed by atoms with Crippen LogP contribution in [0.15, 0.2) is 40.9 Å². The first-order valence-corrected chi connectivity index (χ1v) is 10.7. The first kappa shape index (κ1) is 22.9. The molecule has 0 unspecified atom stereocenters. The molecule has 0 aromatic heterocycles. The summed E-state index contributed by atoms with van der Waals surface area (Å²) in [6.45, 7) is 1.52. The van der Waals surface area contributed by atoms with Gasteiger partial charge < -0.3 is 4.74 Å². The Morgan fingerprint density at radius 1 is 0.969 bits per heavy atom. The van der Waals surface area contributed by atoms with E-state index in [0.29, 0.717) is 34.9 Å². The van der Waals surface area contributed by atoms with E-state index in [1.807, 2.05) is 0 Å². The van der Waals surface area contributed by atoms with Crippen LogP contribution in [-0.4, -0.2) is 17.0 Å². The zero-order valence-electron chi connectivity index (χ0n) is 16.7. The van der Waals surface area contributed by atoms with Crippen LogP contribution in [0.1, 0.15) is 59.2 Å². The van der Waals surface area contributed by atoms with E-state index < -0.39 is 47.8 Å². The van der Waals surface area contributed by atoms with E-state index in [9.17, 15) is 31.1 Å². The number of ether oxygens (including phenoxy) is 1. The standard InChI is InChI=1S/C22H18BrF6NO2/c1-11-7-12(9-14(8-11)22(27,28)29)19-18-4-2-3-17(30(18)20(31)32-19)15-10-13(21(24,25)26)5-6-16(15)23/h5-10,17-19H,2-4H2,1H3/t17-,18-,19+/m0/s1. The number of halogens is 7. The van der Waals surface area contributed by atoms with Crippen molar-refractivity contribution in [2.45, 2.75) is 56.7 Å². The first-order valence-electron chi connectivity index (χ1n) is 9.90. The van der Waals surface area contributed by atoms with Crippen LogP contribution in [0.4, 0.5) is 31.1 Å². The molecule has 2 aliphatic rings. The van der Waals surface area contributed by atoms with Crippen molar-refractivity contribution in [3.05, 3.63) is 68.7 Å². The van der Waals surface area contributed by atoms with Crippen LogP contribution in [0.3, 0.4) is 0 Å². The molecule has 2 saturated heterocycles. The molecule has 2 fully saturated rings. The van der Waals surface area contributed by atoms with E-state index in [2.05, 4.69) is 15.9 Å². The fourth-order valence-corrected chi connectivity index (χ4v) is 5.06. The average molecular weight is 522 g/mol. The molecule has 0 saturated carbocycles.